The maximum absolute atomic E-state index is 10.8. The fraction of sp³-hybridized carbons (Fsp3) is 0.750. The molecule has 0 spiro atoms. The van der Waals surface area contributed by atoms with Gasteiger partial charge in [0, 0.05) is 18.2 Å². The average Bonchev–Trinajstić information content (AvgIpc) is 2.47. The summed E-state index contributed by atoms with van der Waals surface area (Å²) in [5.74, 6) is 0.804. The molecule has 0 saturated carbocycles. The number of carbonyl (C=O) groups is 1. The van der Waals surface area contributed by atoms with E-state index in [4.69, 9.17) is 17.3 Å². The van der Waals surface area contributed by atoms with Crippen LogP contribution in [0.25, 0.3) is 0 Å². The number of carboxylic acids is 1. The Kier molecular flexibility index (Phi) is 4.15. The zero-order valence-electron chi connectivity index (χ0n) is 7.52. The van der Waals surface area contributed by atoms with Crippen molar-refractivity contribution in [2.75, 3.05) is 18.2 Å². The maximum atomic E-state index is 10.8. The molecule has 1 rings (SSSR count). The Morgan fingerprint density at radius 1 is 1.77 bits per heavy atom. The minimum atomic E-state index is -0.716. The summed E-state index contributed by atoms with van der Waals surface area (Å²) in [5, 5.41) is 8.86. The monoisotopic (exact) mass is 219 g/mol. The lowest BCUT2D eigenvalue weighted by Gasteiger charge is -2.19. The topological polar surface area (TPSA) is 40.5 Å². The van der Waals surface area contributed by atoms with Crippen LogP contribution in [0.4, 0.5) is 0 Å². The van der Waals surface area contributed by atoms with E-state index in [-0.39, 0.29) is 6.04 Å². The van der Waals surface area contributed by atoms with E-state index in [2.05, 4.69) is 0 Å². The van der Waals surface area contributed by atoms with Crippen LogP contribution in [0.15, 0.2) is 0 Å². The maximum Gasteiger partial charge on any atom is 0.321 e. The van der Waals surface area contributed by atoms with Crippen LogP contribution in [0.5, 0.6) is 0 Å². The van der Waals surface area contributed by atoms with Crippen molar-refractivity contribution in [3.63, 3.8) is 0 Å². The second kappa shape index (κ2) is 4.93. The van der Waals surface area contributed by atoms with Crippen LogP contribution in [0.3, 0.4) is 0 Å². The highest BCUT2D eigenvalue weighted by Crippen LogP contribution is 2.20. The molecule has 5 heteroatoms. The van der Waals surface area contributed by atoms with E-state index in [9.17, 15) is 4.79 Å². The third-order valence-corrected chi connectivity index (χ3v) is 3.28. The minimum Gasteiger partial charge on any atom is -0.480 e. The molecule has 0 aromatic heterocycles. The van der Waals surface area contributed by atoms with E-state index in [1.54, 1.807) is 11.8 Å². The largest absolute Gasteiger partial charge is 0.480 e. The highest BCUT2D eigenvalue weighted by atomic mass is 32.2. The van der Waals surface area contributed by atoms with E-state index in [0.29, 0.717) is 5.75 Å². The van der Waals surface area contributed by atoms with Crippen LogP contribution in [-0.2, 0) is 4.79 Å². The molecule has 1 aliphatic rings. The number of hydrogen-bond acceptors (Lipinski definition) is 4. The van der Waals surface area contributed by atoms with Crippen LogP contribution in [-0.4, -0.2) is 45.1 Å². The smallest absolute Gasteiger partial charge is 0.321 e. The number of aliphatic carboxylic acids is 1. The molecule has 1 aliphatic heterocycles. The molecule has 1 unspecified atom stereocenters. The molecule has 0 amide bonds. The van der Waals surface area contributed by atoms with E-state index in [0.717, 1.165) is 23.7 Å². The fourth-order valence-electron chi connectivity index (χ4n) is 1.23. The summed E-state index contributed by atoms with van der Waals surface area (Å²) in [6, 6.07) is -0.306. The van der Waals surface area contributed by atoms with E-state index < -0.39 is 5.97 Å². The standard InChI is InChI=1S/C8H13NO2S2/c1-6(12)2-3-9-5-13-4-7(9)8(10)11/h7H,2-5H2,1H3,(H,10,11). The first-order valence-corrected chi connectivity index (χ1v) is 5.71. The number of thioether (sulfide) groups is 1. The van der Waals surface area contributed by atoms with Crippen molar-refractivity contribution in [2.24, 2.45) is 0 Å². The molecule has 3 nitrogen and oxygen atoms in total. The quantitative estimate of drug-likeness (QED) is 0.720. The molecule has 74 valence electrons. The summed E-state index contributed by atoms with van der Waals surface area (Å²) in [6.07, 6.45) is 0.819. The first kappa shape index (κ1) is 10.9. The Hall–Kier alpha value is -0.130. The van der Waals surface area contributed by atoms with Gasteiger partial charge < -0.3 is 5.11 Å². The Balaban J connectivity index is 2.39. The third-order valence-electron chi connectivity index (χ3n) is 2.01. The lowest BCUT2D eigenvalue weighted by Crippen LogP contribution is -2.38. The van der Waals surface area contributed by atoms with Crippen molar-refractivity contribution >= 4 is 34.8 Å². The minimum absolute atomic E-state index is 0.306. The SMILES string of the molecule is CC(=S)CCN1CSCC1C(=O)O. The first-order valence-electron chi connectivity index (χ1n) is 4.15. The van der Waals surface area contributed by atoms with Crippen molar-refractivity contribution in [3.8, 4) is 0 Å². The van der Waals surface area contributed by atoms with Gasteiger partial charge in [-0.15, -0.1) is 11.8 Å². The number of hydrogen-bond donors (Lipinski definition) is 1. The Labute approximate surface area is 87.5 Å². The van der Waals surface area contributed by atoms with Gasteiger partial charge in [-0.25, -0.2) is 0 Å². The van der Waals surface area contributed by atoms with Gasteiger partial charge in [-0.3, -0.25) is 9.69 Å². The molecule has 1 fully saturated rings. The van der Waals surface area contributed by atoms with Crippen molar-refractivity contribution in [3.05, 3.63) is 0 Å². The Bertz CT molecular complexity index is 220. The van der Waals surface area contributed by atoms with Gasteiger partial charge in [0.1, 0.15) is 6.04 Å². The van der Waals surface area contributed by atoms with Crippen molar-refractivity contribution < 1.29 is 9.90 Å². The van der Waals surface area contributed by atoms with Crippen LogP contribution < -0.4 is 0 Å². The number of rotatable bonds is 4. The molecule has 1 N–H and O–H groups in total. The number of nitrogens with zero attached hydrogens (tertiary/aromatic N) is 1. The van der Waals surface area contributed by atoms with Gasteiger partial charge in [-0.2, -0.15) is 0 Å². The summed E-state index contributed by atoms with van der Waals surface area (Å²) < 4.78 is 0. The summed E-state index contributed by atoms with van der Waals surface area (Å²) in [5.41, 5.74) is 0. The molecule has 1 atom stereocenters. The van der Waals surface area contributed by atoms with Crippen molar-refractivity contribution in [1.82, 2.24) is 4.90 Å². The van der Waals surface area contributed by atoms with Gasteiger partial charge in [-0.1, -0.05) is 12.2 Å². The average molecular weight is 219 g/mol. The van der Waals surface area contributed by atoms with Gasteiger partial charge in [0.15, 0.2) is 0 Å². The van der Waals surface area contributed by atoms with E-state index >= 15 is 0 Å². The van der Waals surface area contributed by atoms with E-state index in [1.807, 2.05) is 11.8 Å². The van der Waals surface area contributed by atoms with Crippen LogP contribution in [0.1, 0.15) is 13.3 Å². The van der Waals surface area contributed by atoms with Crippen molar-refractivity contribution in [1.29, 1.82) is 0 Å². The fourth-order valence-corrected chi connectivity index (χ4v) is 2.54. The summed E-state index contributed by atoms with van der Waals surface area (Å²) in [6.45, 7) is 2.67. The molecular formula is C8H13NO2S2. The van der Waals surface area contributed by atoms with Crippen molar-refractivity contribution in [2.45, 2.75) is 19.4 Å². The number of thiocarbonyl (C=S) groups is 1. The van der Waals surface area contributed by atoms with Gasteiger partial charge in [0.25, 0.3) is 0 Å². The van der Waals surface area contributed by atoms with Crippen LogP contribution in [0.2, 0.25) is 0 Å². The Morgan fingerprint density at radius 2 is 2.46 bits per heavy atom. The third kappa shape index (κ3) is 3.25. The second-order valence-electron chi connectivity index (χ2n) is 3.12. The lowest BCUT2D eigenvalue weighted by atomic mass is 10.2. The zero-order valence-corrected chi connectivity index (χ0v) is 9.16. The summed E-state index contributed by atoms with van der Waals surface area (Å²) >= 11 is 6.63. The van der Waals surface area contributed by atoms with Gasteiger partial charge >= 0.3 is 5.97 Å². The molecule has 1 saturated heterocycles. The number of carboxylic acid groups (broad SMARTS) is 1. The van der Waals surface area contributed by atoms with Gasteiger partial charge in [-0.05, 0) is 18.2 Å². The van der Waals surface area contributed by atoms with Crippen LogP contribution >= 0.6 is 24.0 Å². The Morgan fingerprint density at radius 3 is 3.00 bits per heavy atom. The summed E-state index contributed by atoms with van der Waals surface area (Å²) in [7, 11) is 0. The highest BCUT2D eigenvalue weighted by Gasteiger charge is 2.30. The molecular weight excluding hydrogens is 206 g/mol. The van der Waals surface area contributed by atoms with E-state index in [1.165, 1.54) is 0 Å². The highest BCUT2D eigenvalue weighted by molar-refractivity contribution is 7.99. The first-order chi connectivity index (χ1) is 6.11. The zero-order chi connectivity index (χ0) is 9.84. The lowest BCUT2D eigenvalue weighted by molar-refractivity contribution is -0.141. The molecule has 0 aromatic rings. The summed E-state index contributed by atoms with van der Waals surface area (Å²) in [4.78, 5) is 13.7. The normalized spacial score (nSPS) is 23.3. The second-order valence-corrected chi connectivity index (χ2v) is 4.82. The predicted molar refractivity (Wildman–Crippen MR) is 58.3 cm³/mol. The van der Waals surface area contributed by atoms with Gasteiger partial charge in [0.05, 0.1) is 0 Å². The molecule has 0 aliphatic carbocycles. The molecule has 0 radical (unpaired) electrons. The molecule has 13 heavy (non-hydrogen) atoms. The molecule has 0 bridgehead atoms. The molecule has 0 aromatic carbocycles. The van der Waals surface area contributed by atoms with Gasteiger partial charge in [0.2, 0.25) is 0 Å². The van der Waals surface area contributed by atoms with Crippen LogP contribution in [0, 0.1) is 0 Å². The predicted octanol–water partition coefficient (Wildman–Crippen LogP) is 1.23. The molecule has 1 heterocycles.